The number of urea groups is 1. The molecule has 2 amide bonds. The molecule has 116 valence electrons. The Morgan fingerprint density at radius 2 is 1.95 bits per heavy atom. The summed E-state index contributed by atoms with van der Waals surface area (Å²) in [5.74, 6) is 0.364. The third-order valence-electron chi connectivity index (χ3n) is 4.20. The molecule has 0 radical (unpaired) electrons. The number of carbonyl (C=O) groups excluding carboxylic acids is 1. The van der Waals surface area contributed by atoms with Gasteiger partial charge in [0.1, 0.15) is 9.84 Å². The molecule has 2 aliphatic heterocycles. The van der Waals surface area contributed by atoms with Gasteiger partial charge in [0.25, 0.3) is 0 Å². The molecule has 2 saturated heterocycles. The summed E-state index contributed by atoms with van der Waals surface area (Å²) in [6, 6.07) is 0.443. The molecule has 0 bridgehead atoms. The Kier molecular flexibility index (Phi) is 5.26. The van der Waals surface area contributed by atoms with E-state index in [9.17, 15) is 13.2 Å². The molecule has 2 fully saturated rings. The fourth-order valence-corrected chi connectivity index (χ4v) is 3.74. The number of hydrogen-bond acceptors (Lipinski definition) is 4. The highest BCUT2D eigenvalue weighted by Crippen LogP contribution is 2.18. The zero-order chi connectivity index (χ0) is 14.6. The maximum Gasteiger partial charge on any atom is 0.320 e. The highest BCUT2D eigenvalue weighted by atomic mass is 32.2. The summed E-state index contributed by atoms with van der Waals surface area (Å²) in [6.07, 6.45) is 2.58. The number of amides is 2. The van der Waals surface area contributed by atoms with Crippen molar-refractivity contribution in [2.75, 3.05) is 44.2 Å². The summed E-state index contributed by atoms with van der Waals surface area (Å²) in [5.41, 5.74) is 0. The lowest BCUT2D eigenvalue weighted by Gasteiger charge is -2.31. The molecule has 6 nitrogen and oxygen atoms in total. The first-order valence-corrected chi connectivity index (χ1v) is 9.32. The lowest BCUT2D eigenvalue weighted by Crippen LogP contribution is -2.45. The predicted octanol–water partition coefficient (Wildman–Crippen LogP) is 0.301. The molecule has 0 spiro atoms. The number of nitrogens with zero attached hydrogens (tertiary/aromatic N) is 2. The van der Waals surface area contributed by atoms with Gasteiger partial charge in [-0.2, -0.15) is 0 Å². The van der Waals surface area contributed by atoms with Crippen molar-refractivity contribution >= 4 is 15.9 Å². The van der Waals surface area contributed by atoms with E-state index in [2.05, 4.69) is 5.32 Å². The van der Waals surface area contributed by atoms with Crippen LogP contribution in [0.3, 0.4) is 0 Å². The number of rotatable bonds is 6. The predicted molar refractivity (Wildman–Crippen MR) is 78.5 cm³/mol. The second-order valence-corrected chi connectivity index (χ2v) is 8.01. The van der Waals surface area contributed by atoms with E-state index in [4.69, 9.17) is 0 Å². The van der Waals surface area contributed by atoms with Gasteiger partial charge in [-0.25, -0.2) is 13.2 Å². The van der Waals surface area contributed by atoms with Crippen LogP contribution in [0.15, 0.2) is 0 Å². The standard InChI is InChI=1S/C13H25N3O3S/c1-2-20(18,19)11-3-8-15-9-10-16(13(15)17)12-4-6-14-7-5-12/h12,14H,2-11H2,1H3. The van der Waals surface area contributed by atoms with Gasteiger partial charge < -0.3 is 15.1 Å². The molecule has 0 atom stereocenters. The minimum atomic E-state index is -2.92. The van der Waals surface area contributed by atoms with Crippen molar-refractivity contribution in [1.29, 1.82) is 0 Å². The highest BCUT2D eigenvalue weighted by molar-refractivity contribution is 7.91. The average molecular weight is 303 g/mol. The van der Waals surface area contributed by atoms with E-state index in [1.54, 1.807) is 11.8 Å². The minimum absolute atomic E-state index is 0.0887. The summed E-state index contributed by atoms with van der Waals surface area (Å²) < 4.78 is 22.9. The largest absolute Gasteiger partial charge is 0.323 e. The van der Waals surface area contributed by atoms with Gasteiger partial charge in [0.15, 0.2) is 0 Å². The Bertz CT molecular complexity index is 432. The minimum Gasteiger partial charge on any atom is -0.323 e. The summed E-state index contributed by atoms with van der Waals surface area (Å²) in [7, 11) is -2.92. The molecule has 7 heteroatoms. The Morgan fingerprint density at radius 1 is 1.25 bits per heavy atom. The molecule has 1 N–H and O–H groups in total. The van der Waals surface area contributed by atoms with Gasteiger partial charge in [-0.05, 0) is 32.4 Å². The van der Waals surface area contributed by atoms with Gasteiger partial charge in [-0.1, -0.05) is 6.92 Å². The second-order valence-electron chi connectivity index (χ2n) is 5.53. The fourth-order valence-electron chi connectivity index (χ4n) is 2.89. The van der Waals surface area contributed by atoms with Gasteiger partial charge in [-0.3, -0.25) is 0 Å². The quantitative estimate of drug-likeness (QED) is 0.766. The first kappa shape index (κ1) is 15.6. The SMILES string of the molecule is CCS(=O)(=O)CCCN1CCN(C2CCNCC2)C1=O. The van der Waals surface area contributed by atoms with Gasteiger partial charge in [0.2, 0.25) is 0 Å². The Hall–Kier alpha value is -0.820. The molecule has 2 aliphatic rings. The number of carbonyl (C=O) groups is 1. The topological polar surface area (TPSA) is 69.7 Å². The van der Waals surface area contributed by atoms with Crippen LogP contribution >= 0.6 is 0 Å². The third kappa shape index (κ3) is 3.85. The van der Waals surface area contributed by atoms with E-state index in [-0.39, 0.29) is 17.5 Å². The van der Waals surface area contributed by atoms with E-state index >= 15 is 0 Å². The normalized spacial score (nSPS) is 21.8. The first-order valence-electron chi connectivity index (χ1n) is 7.50. The van der Waals surface area contributed by atoms with Crippen LogP contribution in [0.25, 0.3) is 0 Å². The van der Waals surface area contributed by atoms with E-state index < -0.39 is 9.84 Å². The molecule has 0 aromatic heterocycles. The Morgan fingerprint density at radius 3 is 2.60 bits per heavy atom. The average Bonchev–Trinajstić information content (AvgIpc) is 2.81. The number of sulfone groups is 1. The van der Waals surface area contributed by atoms with Gasteiger partial charge in [0.05, 0.1) is 5.75 Å². The van der Waals surface area contributed by atoms with Crippen LogP contribution in [0.2, 0.25) is 0 Å². The molecule has 2 rings (SSSR count). The van der Waals surface area contributed by atoms with Gasteiger partial charge in [-0.15, -0.1) is 0 Å². The number of hydrogen-bond donors (Lipinski definition) is 1. The zero-order valence-electron chi connectivity index (χ0n) is 12.2. The Labute approximate surface area is 121 Å². The lowest BCUT2D eigenvalue weighted by molar-refractivity contribution is 0.166. The van der Waals surface area contributed by atoms with Crippen LogP contribution in [0, 0.1) is 0 Å². The number of piperidine rings is 1. The van der Waals surface area contributed by atoms with Gasteiger partial charge >= 0.3 is 6.03 Å². The molecular formula is C13H25N3O3S. The van der Waals surface area contributed by atoms with Crippen molar-refractivity contribution in [2.45, 2.75) is 32.2 Å². The summed E-state index contributed by atoms with van der Waals surface area (Å²) in [5, 5.41) is 3.30. The highest BCUT2D eigenvalue weighted by Gasteiger charge is 2.33. The molecule has 0 saturated carbocycles. The summed E-state index contributed by atoms with van der Waals surface area (Å²) in [4.78, 5) is 16.1. The maximum absolute atomic E-state index is 12.3. The first-order chi connectivity index (χ1) is 9.53. The summed E-state index contributed by atoms with van der Waals surface area (Å²) >= 11 is 0. The van der Waals surface area contributed by atoms with Crippen molar-refractivity contribution < 1.29 is 13.2 Å². The van der Waals surface area contributed by atoms with Crippen molar-refractivity contribution in [1.82, 2.24) is 15.1 Å². The van der Waals surface area contributed by atoms with Crippen LogP contribution in [0.4, 0.5) is 4.79 Å². The molecule has 0 aliphatic carbocycles. The smallest absolute Gasteiger partial charge is 0.320 e. The van der Waals surface area contributed by atoms with Crippen LogP contribution in [-0.4, -0.2) is 74.5 Å². The maximum atomic E-state index is 12.3. The molecule has 2 heterocycles. The van der Waals surface area contributed by atoms with Crippen LogP contribution in [0.1, 0.15) is 26.2 Å². The Balaban J connectivity index is 1.79. The number of nitrogens with one attached hydrogen (secondary N) is 1. The van der Waals surface area contributed by atoms with E-state index in [1.165, 1.54) is 0 Å². The van der Waals surface area contributed by atoms with Crippen LogP contribution < -0.4 is 5.32 Å². The van der Waals surface area contributed by atoms with Crippen molar-refractivity contribution in [3.63, 3.8) is 0 Å². The van der Waals surface area contributed by atoms with E-state index in [1.807, 2.05) is 4.90 Å². The fraction of sp³-hybridized carbons (Fsp3) is 0.923. The van der Waals surface area contributed by atoms with Gasteiger partial charge in [0, 0.05) is 31.4 Å². The molecule has 0 unspecified atom stereocenters. The van der Waals surface area contributed by atoms with Crippen molar-refractivity contribution in [2.24, 2.45) is 0 Å². The lowest BCUT2D eigenvalue weighted by atomic mass is 10.1. The van der Waals surface area contributed by atoms with Crippen LogP contribution in [0.5, 0.6) is 0 Å². The molecular weight excluding hydrogens is 278 g/mol. The van der Waals surface area contributed by atoms with E-state index in [0.717, 1.165) is 39.0 Å². The van der Waals surface area contributed by atoms with Crippen LogP contribution in [-0.2, 0) is 9.84 Å². The third-order valence-corrected chi connectivity index (χ3v) is 5.99. The molecule has 20 heavy (non-hydrogen) atoms. The van der Waals surface area contributed by atoms with E-state index in [0.29, 0.717) is 19.0 Å². The molecule has 0 aromatic rings. The van der Waals surface area contributed by atoms with Crippen molar-refractivity contribution in [3.05, 3.63) is 0 Å². The van der Waals surface area contributed by atoms with Crippen molar-refractivity contribution in [3.8, 4) is 0 Å². The zero-order valence-corrected chi connectivity index (χ0v) is 13.0. The molecule has 0 aromatic carbocycles. The monoisotopic (exact) mass is 303 g/mol. The summed E-state index contributed by atoms with van der Waals surface area (Å²) in [6.45, 7) is 5.68. The second kappa shape index (κ2) is 6.76.